The molecule has 10 rings (SSSR count). The molecule has 0 aliphatic rings. The summed E-state index contributed by atoms with van der Waals surface area (Å²) in [6.07, 6.45) is 5.35. The zero-order valence-electron chi connectivity index (χ0n) is 58.8. The number of nitrogens with one attached hydrogen (secondary N) is 15. The van der Waals surface area contributed by atoms with Crippen molar-refractivity contribution in [2.75, 3.05) is 13.1 Å². The number of benzene rings is 5. The molecule has 8 amide bonds. The Kier molecular flexibility index (Phi) is 26.4. The molecule has 0 aliphatic heterocycles. The first-order chi connectivity index (χ1) is 52.0. The Morgan fingerprint density at radius 3 is 1.01 bits per heavy atom. The average Bonchev–Trinajstić information content (AvgIpc) is 1.66. The molecule has 0 spiro atoms. The molecule has 10 aromatic rings. The van der Waals surface area contributed by atoms with E-state index in [0.29, 0.717) is 61.4 Å². The van der Waals surface area contributed by atoms with Crippen molar-refractivity contribution in [1.29, 1.82) is 5.41 Å². The van der Waals surface area contributed by atoms with Crippen LogP contribution in [0.2, 0.25) is 0 Å². The Morgan fingerprint density at radius 1 is 0.361 bits per heavy atom. The highest BCUT2D eigenvalue weighted by Gasteiger charge is 2.37. The minimum absolute atomic E-state index is 0.0244. The number of amides is 8. The highest BCUT2D eigenvalue weighted by molar-refractivity contribution is 6.01. The summed E-state index contributed by atoms with van der Waals surface area (Å²) in [5, 5.41) is 65.6. The molecule has 32 heteroatoms. The van der Waals surface area contributed by atoms with Crippen LogP contribution in [-0.2, 0) is 84.8 Å². The van der Waals surface area contributed by atoms with E-state index >= 15 is 14.4 Å². The van der Waals surface area contributed by atoms with Crippen LogP contribution in [0.15, 0.2) is 152 Å². The molecule has 24 N–H and O–H groups in total. The molecule has 5 heterocycles. The van der Waals surface area contributed by atoms with Crippen LogP contribution < -0.4 is 65.1 Å². The fraction of sp³-hybridized carbons (Fsp3) is 0.316. The fourth-order valence-corrected chi connectivity index (χ4v) is 13.2. The Labute approximate surface area is 617 Å². The number of aromatic nitrogens is 5. The van der Waals surface area contributed by atoms with Crippen molar-refractivity contribution in [2.24, 2.45) is 17.2 Å². The molecule has 0 saturated carbocycles. The summed E-state index contributed by atoms with van der Waals surface area (Å²) in [7, 11) is 0. The smallest absolute Gasteiger partial charge is 0.326 e. The van der Waals surface area contributed by atoms with Gasteiger partial charge in [0.05, 0.1) is 12.5 Å². The molecule has 5 aromatic carbocycles. The van der Waals surface area contributed by atoms with Crippen molar-refractivity contribution in [1.82, 2.24) is 72.8 Å². The van der Waals surface area contributed by atoms with Crippen molar-refractivity contribution >= 4 is 126 Å². The van der Waals surface area contributed by atoms with Crippen molar-refractivity contribution < 1.29 is 68.1 Å². The van der Waals surface area contributed by atoms with Crippen LogP contribution in [0, 0.1) is 5.41 Å². The van der Waals surface area contributed by atoms with E-state index in [0.717, 1.165) is 27.4 Å². The highest BCUT2D eigenvalue weighted by atomic mass is 16.4. The Bertz CT molecular complexity index is 4920. The molecule has 0 radical (unpaired) electrons. The first kappa shape index (κ1) is 77.8. The Morgan fingerprint density at radius 2 is 0.657 bits per heavy atom. The van der Waals surface area contributed by atoms with E-state index in [9.17, 15) is 53.7 Å². The van der Waals surface area contributed by atoms with Crippen LogP contribution in [0.25, 0.3) is 54.5 Å². The normalized spacial score (nSPS) is 13.9. The molecule has 0 aliphatic carbocycles. The number of carbonyl (C=O) groups is 11. The van der Waals surface area contributed by atoms with E-state index in [2.05, 4.69) is 72.8 Å². The predicted octanol–water partition coefficient (Wildman–Crippen LogP) is 2.63. The molecule has 32 nitrogen and oxygen atoms in total. The van der Waals surface area contributed by atoms with Gasteiger partial charge in [-0.2, -0.15) is 0 Å². The van der Waals surface area contributed by atoms with Crippen LogP contribution >= 0.6 is 0 Å². The molecule has 566 valence electrons. The van der Waals surface area contributed by atoms with Crippen molar-refractivity contribution in [3.05, 3.63) is 180 Å². The van der Waals surface area contributed by atoms with Gasteiger partial charge in [-0.25, -0.2) is 4.79 Å². The number of para-hydroxylation sites is 5. The van der Waals surface area contributed by atoms with E-state index in [4.69, 9.17) is 22.6 Å². The quantitative estimate of drug-likeness (QED) is 0.0149. The summed E-state index contributed by atoms with van der Waals surface area (Å²) in [4.78, 5) is 172. The van der Waals surface area contributed by atoms with Gasteiger partial charge in [-0.05, 0) is 110 Å². The third-order valence-corrected chi connectivity index (χ3v) is 18.9. The molecular formula is C76H88N18O14. The topological polar surface area (TPSA) is 538 Å². The van der Waals surface area contributed by atoms with Gasteiger partial charge in [0.25, 0.3) is 0 Å². The van der Waals surface area contributed by atoms with E-state index in [-0.39, 0.29) is 70.9 Å². The Balaban J connectivity index is 0.912. The number of carboxylic acid groups (broad SMARTS) is 3. The molecule has 108 heavy (non-hydrogen) atoms. The van der Waals surface area contributed by atoms with E-state index < -0.39 is 145 Å². The zero-order chi connectivity index (χ0) is 77.0. The second-order valence-electron chi connectivity index (χ2n) is 26.5. The minimum Gasteiger partial charge on any atom is -0.481 e. The lowest BCUT2D eigenvalue weighted by atomic mass is 10.00. The fourth-order valence-electron chi connectivity index (χ4n) is 13.2. The zero-order valence-corrected chi connectivity index (χ0v) is 58.8. The lowest BCUT2D eigenvalue weighted by Crippen LogP contribution is -2.61. The number of aromatic amines is 5. The lowest BCUT2D eigenvalue weighted by molar-refractivity contribution is -0.142. The van der Waals surface area contributed by atoms with Crippen molar-refractivity contribution in [3.8, 4) is 0 Å². The molecule has 0 unspecified atom stereocenters. The number of nitrogens with two attached hydrogens (primary N) is 3. The summed E-state index contributed by atoms with van der Waals surface area (Å²) in [5.41, 5.74) is 24.3. The van der Waals surface area contributed by atoms with Gasteiger partial charge < -0.3 is 105 Å². The molecular weight excluding hydrogens is 1390 g/mol. The predicted molar refractivity (Wildman–Crippen MR) is 402 cm³/mol. The van der Waals surface area contributed by atoms with Crippen LogP contribution in [0.3, 0.4) is 0 Å². The van der Waals surface area contributed by atoms with Gasteiger partial charge >= 0.3 is 17.9 Å². The maximum Gasteiger partial charge on any atom is 0.326 e. The molecule has 0 saturated heterocycles. The number of fused-ring (bicyclic) bond motifs is 5. The number of hydrogen-bond donors (Lipinski definition) is 21. The van der Waals surface area contributed by atoms with Gasteiger partial charge in [-0.1, -0.05) is 91.0 Å². The van der Waals surface area contributed by atoms with Crippen LogP contribution in [0.1, 0.15) is 79.2 Å². The number of unbranched alkanes of at least 4 members (excludes halogenated alkanes) is 1. The second kappa shape index (κ2) is 36.7. The number of H-pyrrole nitrogens is 5. The van der Waals surface area contributed by atoms with E-state index in [1.54, 1.807) is 110 Å². The first-order valence-electron chi connectivity index (χ1n) is 35.4. The number of hydrogen-bond acceptors (Lipinski definition) is 14. The van der Waals surface area contributed by atoms with Crippen LogP contribution in [0.5, 0.6) is 0 Å². The van der Waals surface area contributed by atoms with Crippen LogP contribution in [0.4, 0.5) is 0 Å². The minimum atomic E-state index is -1.96. The van der Waals surface area contributed by atoms with E-state index in [1.807, 2.05) is 42.5 Å². The van der Waals surface area contributed by atoms with Crippen LogP contribution in [-0.4, -0.2) is 179 Å². The third kappa shape index (κ3) is 20.6. The SMILES string of the molecule is N=C(N)NCCC[C@H](NC(=O)[C@H](CCC(=O)O)NC(=O)[C@H](Cc1c[nH]c2ccccc12)NC(=O)[C@H](Cc1c[nH]c2ccccc12)NC(=O)[C@H](CC(=O)O)NC(=O)[C@H](CCCCN)NC(=O)[C@H](Cc1c[nH]c2ccccc12)NC(=O)[C@@H](N)Cc1c[nH]c2ccccc12)C(=O)N[C@@H](Cc1c[nH]c2ccccc12)C(=O)O. The van der Waals surface area contributed by atoms with Gasteiger partial charge in [-0.3, -0.25) is 53.4 Å². The lowest BCUT2D eigenvalue weighted by Gasteiger charge is -2.28. The van der Waals surface area contributed by atoms with Gasteiger partial charge in [-0.15, -0.1) is 0 Å². The van der Waals surface area contributed by atoms with Crippen molar-refractivity contribution in [3.63, 3.8) is 0 Å². The van der Waals surface area contributed by atoms with E-state index in [1.165, 1.54) is 0 Å². The number of rotatable bonds is 40. The molecule has 9 atom stereocenters. The number of guanidine groups is 1. The average molecular weight is 1480 g/mol. The maximum absolute atomic E-state index is 15.4. The maximum atomic E-state index is 15.4. The molecule has 0 bridgehead atoms. The highest BCUT2D eigenvalue weighted by Crippen LogP contribution is 2.25. The van der Waals surface area contributed by atoms with Gasteiger partial charge in [0.2, 0.25) is 47.3 Å². The summed E-state index contributed by atoms with van der Waals surface area (Å²) in [6.45, 7) is 0.206. The standard InChI is InChI=1S/C76H88N18O14/c77-28-12-11-24-57(88-71(103)60(31-42-37-83-53-20-7-2-15-47(42)53)90-67(99)51(78)30-41-36-82-52-19-6-1-14-46(41)52)68(100)93-63(35-66(97)98)74(106)92-62(33-44-39-85-55-22-9-4-17-49(44)55)73(105)91-61(32-43-38-84-54-21-8-3-16-48(43)54)72(104)89-59(26-27-65(95)96)70(102)87-58(25-13-29-81-76(79)80)69(101)94-64(75(107)108)34-45-40-86-56-23-10-5-18-50(45)56/h1-10,14-23,36-40,51,57-64,82-86H,11-13,24-35,77-78H2,(H,87,102)(H,88,103)(H,89,104)(H,90,99)(H,91,105)(H,92,106)(H,93,100)(H,94,101)(H,95,96)(H,97,98)(H,107,108)(H4,79,80,81)/t51-,57-,58-,59-,60-,61-,62-,63-,64-/m0/s1. The summed E-state index contributed by atoms with van der Waals surface area (Å²) in [5.74, 6) is -12.7. The van der Waals surface area contributed by atoms with Crippen molar-refractivity contribution in [2.45, 2.75) is 138 Å². The summed E-state index contributed by atoms with van der Waals surface area (Å²) in [6, 6.07) is 21.6. The third-order valence-electron chi connectivity index (χ3n) is 18.9. The first-order valence-corrected chi connectivity index (χ1v) is 35.4. The second-order valence-corrected chi connectivity index (χ2v) is 26.5. The summed E-state index contributed by atoms with van der Waals surface area (Å²) >= 11 is 0. The number of carboxylic acids is 3. The number of carbonyl (C=O) groups excluding carboxylic acids is 8. The largest absolute Gasteiger partial charge is 0.481 e. The summed E-state index contributed by atoms with van der Waals surface area (Å²) < 4.78 is 0. The Hall–Kier alpha value is -12.8. The van der Waals surface area contributed by atoms with Gasteiger partial charge in [0.15, 0.2) is 5.96 Å². The monoisotopic (exact) mass is 1480 g/mol. The number of aliphatic carboxylic acids is 3. The molecule has 0 fully saturated rings. The molecule has 5 aromatic heterocycles. The van der Waals surface area contributed by atoms with Gasteiger partial charge in [0.1, 0.15) is 48.3 Å². The van der Waals surface area contributed by atoms with Gasteiger partial charge in [0, 0.05) is 124 Å².